The van der Waals surface area contributed by atoms with Gasteiger partial charge in [0.25, 0.3) is 5.69 Å². The highest BCUT2D eigenvalue weighted by Crippen LogP contribution is 2.40. The zero-order chi connectivity index (χ0) is 18.3. The second kappa shape index (κ2) is 6.29. The minimum absolute atomic E-state index is 0.0739. The second-order valence-corrected chi connectivity index (χ2v) is 6.61. The first-order chi connectivity index (χ1) is 12.5. The maximum atomic E-state index is 10.9. The highest BCUT2D eigenvalue weighted by Gasteiger charge is 2.27. The molecule has 132 valence electrons. The SMILES string of the molecule is COc1cc(C)cc2c1C(Nc1ccc3cc([N+](=O)[O-])ccc3n1)CC2. The summed E-state index contributed by atoms with van der Waals surface area (Å²) >= 11 is 0. The van der Waals surface area contributed by atoms with Crippen molar-refractivity contribution >= 4 is 22.4 Å². The number of nitro benzene ring substituents is 1. The number of anilines is 1. The van der Waals surface area contributed by atoms with Crippen molar-refractivity contribution in [2.75, 3.05) is 12.4 Å². The van der Waals surface area contributed by atoms with Gasteiger partial charge in [0, 0.05) is 23.1 Å². The van der Waals surface area contributed by atoms with Crippen molar-refractivity contribution in [1.29, 1.82) is 0 Å². The first kappa shape index (κ1) is 16.3. The summed E-state index contributed by atoms with van der Waals surface area (Å²) < 4.78 is 5.59. The fourth-order valence-electron chi connectivity index (χ4n) is 3.68. The normalized spacial score (nSPS) is 15.7. The summed E-state index contributed by atoms with van der Waals surface area (Å²) in [7, 11) is 1.70. The van der Waals surface area contributed by atoms with Gasteiger partial charge in [-0.15, -0.1) is 0 Å². The number of nitro groups is 1. The maximum absolute atomic E-state index is 10.9. The summed E-state index contributed by atoms with van der Waals surface area (Å²) in [5, 5.41) is 15.2. The minimum atomic E-state index is -0.394. The molecule has 1 heterocycles. The van der Waals surface area contributed by atoms with Crippen LogP contribution in [0.1, 0.15) is 29.2 Å². The molecule has 1 aromatic heterocycles. The van der Waals surface area contributed by atoms with Crippen LogP contribution in [-0.2, 0) is 6.42 Å². The molecule has 0 saturated carbocycles. The number of ether oxygens (including phenoxy) is 1. The average Bonchev–Trinajstić information content (AvgIpc) is 3.03. The van der Waals surface area contributed by atoms with Crippen molar-refractivity contribution in [3.05, 3.63) is 69.3 Å². The van der Waals surface area contributed by atoms with Crippen molar-refractivity contribution in [3.63, 3.8) is 0 Å². The van der Waals surface area contributed by atoms with Crippen molar-refractivity contribution < 1.29 is 9.66 Å². The Morgan fingerprint density at radius 3 is 2.85 bits per heavy atom. The zero-order valence-corrected chi connectivity index (χ0v) is 14.7. The third kappa shape index (κ3) is 2.83. The number of aryl methyl sites for hydroxylation is 2. The number of fused-ring (bicyclic) bond motifs is 2. The van der Waals surface area contributed by atoms with Crippen LogP contribution in [0.4, 0.5) is 11.5 Å². The van der Waals surface area contributed by atoms with E-state index in [1.54, 1.807) is 19.2 Å². The largest absolute Gasteiger partial charge is 0.496 e. The van der Waals surface area contributed by atoms with Gasteiger partial charge < -0.3 is 10.1 Å². The molecule has 1 aliphatic rings. The summed E-state index contributed by atoms with van der Waals surface area (Å²) in [5.41, 5.74) is 4.52. The number of hydrogen-bond acceptors (Lipinski definition) is 5. The smallest absolute Gasteiger partial charge is 0.270 e. The minimum Gasteiger partial charge on any atom is -0.496 e. The second-order valence-electron chi connectivity index (χ2n) is 6.61. The van der Waals surface area contributed by atoms with Crippen LogP contribution in [0.5, 0.6) is 5.75 Å². The van der Waals surface area contributed by atoms with Gasteiger partial charge in [-0.1, -0.05) is 6.07 Å². The van der Waals surface area contributed by atoms with Gasteiger partial charge in [-0.3, -0.25) is 10.1 Å². The first-order valence-electron chi connectivity index (χ1n) is 8.54. The van der Waals surface area contributed by atoms with E-state index in [2.05, 4.69) is 29.4 Å². The van der Waals surface area contributed by atoms with Crippen LogP contribution >= 0.6 is 0 Å². The van der Waals surface area contributed by atoms with E-state index < -0.39 is 4.92 Å². The van der Waals surface area contributed by atoms with Crippen LogP contribution in [0.3, 0.4) is 0 Å². The van der Waals surface area contributed by atoms with Crippen molar-refractivity contribution in [2.24, 2.45) is 0 Å². The monoisotopic (exact) mass is 349 g/mol. The number of pyridine rings is 1. The number of nitrogens with zero attached hydrogens (tertiary/aromatic N) is 2. The van der Waals surface area contributed by atoms with E-state index >= 15 is 0 Å². The Balaban J connectivity index is 1.65. The molecule has 2 aromatic carbocycles. The van der Waals surface area contributed by atoms with E-state index in [-0.39, 0.29) is 11.7 Å². The molecule has 1 atom stereocenters. The molecule has 0 saturated heterocycles. The lowest BCUT2D eigenvalue weighted by Gasteiger charge is -2.18. The van der Waals surface area contributed by atoms with Gasteiger partial charge in [0.2, 0.25) is 0 Å². The molecule has 0 aliphatic heterocycles. The number of hydrogen-bond donors (Lipinski definition) is 1. The summed E-state index contributed by atoms with van der Waals surface area (Å²) in [6, 6.07) is 12.9. The molecule has 0 spiro atoms. The predicted molar refractivity (Wildman–Crippen MR) is 101 cm³/mol. The maximum Gasteiger partial charge on any atom is 0.270 e. The number of nitrogens with one attached hydrogen (secondary N) is 1. The Bertz CT molecular complexity index is 1020. The highest BCUT2D eigenvalue weighted by molar-refractivity contribution is 5.82. The number of aromatic nitrogens is 1. The van der Waals surface area contributed by atoms with Gasteiger partial charge in [0.05, 0.1) is 23.6 Å². The van der Waals surface area contributed by atoms with Crippen LogP contribution in [0.2, 0.25) is 0 Å². The quantitative estimate of drug-likeness (QED) is 0.552. The molecule has 4 rings (SSSR count). The molecule has 6 nitrogen and oxygen atoms in total. The Labute approximate surface area is 151 Å². The predicted octanol–water partition coefficient (Wildman–Crippen LogP) is 4.56. The van der Waals surface area contributed by atoms with E-state index in [9.17, 15) is 10.1 Å². The summed E-state index contributed by atoms with van der Waals surface area (Å²) in [6.45, 7) is 2.08. The van der Waals surface area contributed by atoms with Crippen molar-refractivity contribution in [3.8, 4) is 5.75 Å². The fraction of sp³-hybridized carbons (Fsp3) is 0.250. The van der Waals surface area contributed by atoms with E-state index in [4.69, 9.17) is 4.74 Å². The molecule has 1 unspecified atom stereocenters. The standard InChI is InChI=1S/C20H19N3O3/c1-12-9-14-3-6-17(20(14)18(10-12)26-2)22-19-8-4-13-11-15(23(24)25)5-7-16(13)21-19/h4-5,7-11,17H,3,6H2,1-2H3,(H,21,22). The van der Waals surface area contributed by atoms with Gasteiger partial charge >= 0.3 is 0 Å². The Kier molecular flexibility index (Phi) is 3.95. The van der Waals surface area contributed by atoms with Crippen molar-refractivity contribution in [1.82, 2.24) is 4.98 Å². The van der Waals surface area contributed by atoms with Crippen LogP contribution in [-0.4, -0.2) is 17.0 Å². The zero-order valence-electron chi connectivity index (χ0n) is 14.7. The molecule has 1 aliphatic carbocycles. The fourth-order valence-corrected chi connectivity index (χ4v) is 3.68. The highest BCUT2D eigenvalue weighted by atomic mass is 16.6. The third-order valence-electron chi connectivity index (χ3n) is 4.85. The van der Waals surface area contributed by atoms with Gasteiger partial charge in [-0.25, -0.2) is 4.98 Å². The topological polar surface area (TPSA) is 77.3 Å². The molecule has 0 radical (unpaired) electrons. The van der Waals surface area contributed by atoms with Crippen LogP contribution in [0, 0.1) is 17.0 Å². The summed E-state index contributed by atoms with van der Waals surface area (Å²) in [6.07, 6.45) is 1.99. The average molecular weight is 349 g/mol. The molecular formula is C20H19N3O3. The van der Waals surface area contributed by atoms with Gasteiger partial charge in [0.1, 0.15) is 11.6 Å². The first-order valence-corrected chi connectivity index (χ1v) is 8.54. The van der Waals surface area contributed by atoms with Gasteiger partial charge in [-0.2, -0.15) is 0 Å². The molecule has 3 aromatic rings. The lowest BCUT2D eigenvalue weighted by atomic mass is 10.0. The molecule has 0 fully saturated rings. The van der Waals surface area contributed by atoms with E-state index in [1.165, 1.54) is 22.8 Å². The molecule has 6 heteroatoms. The van der Waals surface area contributed by atoms with E-state index in [1.807, 2.05) is 12.1 Å². The number of non-ortho nitro benzene ring substituents is 1. The Hall–Kier alpha value is -3.15. The van der Waals surface area contributed by atoms with Crippen LogP contribution in [0.25, 0.3) is 10.9 Å². The van der Waals surface area contributed by atoms with Crippen LogP contribution in [0.15, 0.2) is 42.5 Å². The summed E-state index contributed by atoms with van der Waals surface area (Å²) in [5.74, 6) is 1.67. The summed E-state index contributed by atoms with van der Waals surface area (Å²) in [4.78, 5) is 15.1. The Morgan fingerprint density at radius 1 is 1.23 bits per heavy atom. The van der Waals surface area contributed by atoms with E-state index in [0.717, 1.165) is 35.3 Å². The van der Waals surface area contributed by atoms with Gasteiger partial charge in [0.15, 0.2) is 0 Å². The third-order valence-corrected chi connectivity index (χ3v) is 4.85. The van der Waals surface area contributed by atoms with Crippen LogP contribution < -0.4 is 10.1 Å². The van der Waals surface area contributed by atoms with E-state index in [0.29, 0.717) is 0 Å². The number of rotatable bonds is 4. The molecular weight excluding hydrogens is 330 g/mol. The molecule has 0 bridgehead atoms. The van der Waals surface area contributed by atoms with Gasteiger partial charge in [-0.05, 0) is 55.2 Å². The lowest BCUT2D eigenvalue weighted by molar-refractivity contribution is -0.384. The molecule has 0 amide bonds. The Morgan fingerprint density at radius 2 is 2.08 bits per heavy atom. The molecule has 1 N–H and O–H groups in total. The number of methoxy groups -OCH3 is 1. The molecule has 26 heavy (non-hydrogen) atoms. The lowest BCUT2D eigenvalue weighted by Crippen LogP contribution is -2.09. The van der Waals surface area contributed by atoms with Crippen molar-refractivity contribution in [2.45, 2.75) is 25.8 Å². The number of benzene rings is 2.